The molecule has 0 aromatic heterocycles. The maximum Gasteiger partial charge on any atom is 0.164 e. The molecular weight excluding hydrogens is 414 g/mol. The summed E-state index contributed by atoms with van der Waals surface area (Å²) in [5.74, 6) is -1.09. The van der Waals surface area contributed by atoms with Gasteiger partial charge in [0.05, 0.1) is 29.3 Å². The Morgan fingerprint density at radius 3 is 2.70 bits per heavy atom. The quantitative estimate of drug-likeness (QED) is 0.744. The number of amidine groups is 1. The lowest BCUT2D eigenvalue weighted by Crippen LogP contribution is -2.39. The van der Waals surface area contributed by atoms with Crippen molar-refractivity contribution in [3.8, 4) is 0 Å². The van der Waals surface area contributed by atoms with E-state index in [-0.39, 0.29) is 17.2 Å². The number of hydrogen-bond acceptors (Lipinski definition) is 5. The predicted molar refractivity (Wildman–Crippen MR) is 105 cm³/mol. The highest BCUT2D eigenvalue weighted by molar-refractivity contribution is 8.13. The summed E-state index contributed by atoms with van der Waals surface area (Å²) in [6.45, 7) is 0. The lowest BCUT2D eigenvalue weighted by atomic mass is 10.1. The fraction of sp³-hybridized carbons (Fsp3) is 0.278. The summed E-state index contributed by atoms with van der Waals surface area (Å²) >= 11 is 7.55. The summed E-state index contributed by atoms with van der Waals surface area (Å²) in [7, 11) is -3.24. The molecule has 2 aromatic rings. The number of halogens is 3. The summed E-state index contributed by atoms with van der Waals surface area (Å²) in [5, 5.41) is 1.14. The Kier molecular flexibility index (Phi) is 4.90. The molecule has 9 heteroatoms. The molecule has 4 nitrogen and oxygen atoms in total. The second-order valence-electron chi connectivity index (χ2n) is 6.47. The normalized spacial score (nSPS) is 23.4. The van der Waals surface area contributed by atoms with Crippen LogP contribution in [0.2, 0.25) is 5.02 Å². The molecular formula is C18H15ClF2N2O2S2. The van der Waals surface area contributed by atoms with Gasteiger partial charge in [-0.2, -0.15) is 0 Å². The largest absolute Gasteiger partial charge is 0.312 e. The van der Waals surface area contributed by atoms with Gasteiger partial charge in [0.25, 0.3) is 0 Å². The summed E-state index contributed by atoms with van der Waals surface area (Å²) in [4.78, 5) is 6.12. The van der Waals surface area contributed by atoms with Crippen LogP contribution >= 0.6 is 23.4 Å². The van der Waals surface area contributed by atoms with E-state index in [0.29, 0.717) is 15.9 Å². The monoisotopic (exact) mass is 428 g/mol. The second kappa shape index (κ2) is 7.07. The highest BCUT2D eigenvalue weighted by atomic mass is 35.5. The second-order valence-corrected chi connectivity index (χ2v) is 9.97. The van der Waals surface area contributed by atoms with Crippen molar-refractivity contribution in [2.24, 2.45) is 4.99 Å². The Morgan fingerprint density at radius 2 is 1.96 bits per heavy atom. The SMILES string of the molecule is O=S1(=O)C[C@@H]2N=C(SCc3ccccc3Cl)N(c3ccc(F)cc3F)[C@@H]2C1. The molecule has 0 amide bonds. The minimum absolute atomic E-state index is 0.0624. The summed E-state index contributed by atoms with van der Waals surface area (Å²) < 4.78 is 51.8. The maximum atomic E-state index is 14.4. The van der Waals surface area contributed by atoms with Crippen LogP contribution in [-0.4, -0.2) is 37.2 Å². The number of sulfone groups is 1. The molecule has 4 rings (SSSR count). The van der Waals surface area contributed by atoms with E-state index in [9.17, 15) is 17.2 Å². The highest BCUT2D eigenvalue weighted by Crippen LogP contribution is 2.37. The Balaban J connectivity index is 1.66. The van der Waals surface area contributed by atoms with Gasteiger partial charge in [-0.3, -0.25) is 4.99 Å². The van der Waals surface area contributed by atoms with E-state index < -0.39 is 33.6 Å². The van der Waals surface area contributed by atoms with Crippen LogP contribution in [0.3, 0.4) is 0 Å². The van der Waals surface area contributed by atoms with E-state index >= 15 is 0 Å². The van der Waals surface area contributed by atoms with Gasteiger partial charge < -0.3 is 4.90 Å². The average molecular weight is 429 g/mol. The van der Waals surface area contributed by atoms with Gasteiger partial charge in [-0.25, -0.2) is 17.2 Å². The predicted octanol–water partition coefficient (Wildman–Crippen LogP) is 3.89. The number of aliphatic imine (C=N–C) groups is 1. The lowest BCUT2D eigenvalue weighted by Gasteiger charge is -2.27. The minimum Gasteiger partial charge on any atom is -0.312 e. The third kappa shape index (κ3) is 3.70. The highest BCUT2D eigenvalue weighted by Gasteiger charge is 2.47. The molecule has 0 spiro atoms. The Hall–Kier alpha value is -1.64. The van der Waals surface area contributed by atoms with Crippen molar-refractivity contribution in [2.75, 3.05) is 16.4 Å². The van der Waals surface area contributed by atoms with E-state index in [0.717, 1.165) is 17.7 Å². The van der Waals surface area contributed by atoms with Crippen LogP contribution in [-0.2, 0) is 15.6 Å². The molecule has 0 unspecified atom stereocenters. The third-order valence-corrected chi connectivity index (χ3v) is 7.67. The van der Waals surface area contributed by atoms with Crippen LogP contribution in [0.1, 0.15) is 5.56 Å². The molecule has 1 saturated heterocycles. The number of benzene rings is 2. The van der Waals surface area contributed by atoms with E-state index in [4.69, 9.17) is 11.6 Å². The zero-order chi connectivity index (χ0) is 19.2. The molecule has 0 N–H and O–H groups in total. The fourth-order valence-corrected chi connectivity index (χ4v) is 6.59. The van der Waals surface area contributed by atoms with Gasteiger partial charge in [-0.05, 0) is 23.8 Å². The molecule has 2 atom stereocenters. The van der Waals surface area contributed by atoms with Gasteiger partial charge in [-0.15, -0.1) is 0 Å². The van der Waals surface area contributed by atoms with Gasteiger partial charge in [0.2, 0.25) is 0 Å². The van der Waals surface area contributed by atoms with Crippen molar-refractivity contribution in [1.29, 1.82) is 0 Å². The van der Waals surface area contributed by atoms with E-state index in [1.54, 1.807) is 11.0 Å². The Morgan fingerprint density at radius 1 is 1.19 bits per heavy atom. The first kappa shape index (κ1) is 18.7. The first-order chi connectivity index (χ1) is 12.8. The zero-order valence-electron chi connectivity index (χ0n) is 14.0. The van der Waals surface area contributed by atoms with E-state index in [2.05, 4.69) is 4.99 Å². The molecule has 0 bridgehead atoms. The number of hydrogen-bond donors (Lipinski definition) is 0. The van der Waals surface area contributed by atoms with Crippen molar-refractivity contribution in [1.82, 2.24) is 0 Å². The van der Waals surface area contributed by atoms with Crippen LogP contribution in [0.4, 0.5) is 14.5 Å². The summed E-state index contributed by atoms with van der Waals surface area (Å²) in [5.41, 5.74) is 1.03. The van der Waals surface area contributed by atoms with Gasteiger partial charge >= 0.3 is 0 Å². The molecule has 0 aliphatic carbocycles. The van der Waals surface area contributed by atoms with Gasteiger partial charge in [0.15, 0.2) is 15.0 Å². The molecule has 2 aliphatic heterocycles. The van der Waals surface area contributed by atoms with Crippen LogP contribution in [0.5, 0.6) is 0 Å². The van der Waals surface area contributed by atoms with Gasteiger partial charge in [-0.1, -0.05) is 41.6 Å². The number of nitrogens with zero attached hydrogens (tertiary/aromatic N) is 2. The standard InChI is InChI=1S/C18H15ClF2N2O2S2/c19-13-4-2-1-3-11(13)8-26-18-22-15-9-27(24,25)10-17(15)23(18)16-6-5-12(20)7-14(16)21/h1-7,15,17H,8-10H2/t15-,17+/m0/s1. The van der Waals surface area contributed by atoms with Crippen molar-refractivity contribution in [3.63, 3.8) is 0 Å². The minimum atomic E-state index is -3.24. The van der Waals surface area contributed by atoms with E-state index in [1.165, 1.54) is 17.8 Å². The Labute approximate surface area is 165 Å². The van der Waals surface area contributed by atoms with Crippen molar-refractivity contribution >= 4 is 44.1 Å². The number of thioether (sulfide) groups is 1. The van der Waals surface area contributed by atoms with Crippen LogP contribution in [0.15, 0.2) is 47.5 Å². The first-order valence-corrected chi connectivity index (χ1v) is 11.4. The summed E-state index contributed by atoms with van der Waals surface area (Å²) in [6, 6.07) is 9.72. The molecule has 1 fully saturated rings. The van der Waals surface area contributed by atoms with Crippen LogP contribution in [0.25, 0.3) is 0 Å². The average Bonchev–Trinajstić information content (AvgIpc) is 3.06. The fourth-order valence-electron chi connectivity index (χ4n) is 3.35. The first-order valence-electron chi connectivity index (χ1n) is 8.23. The smallest absolute Gasteiger partial charge is 0.164 e. The zero-order valence-corrected chi connectivity index (χ0v) is 16.4. The van der Waals surface area contributed by atoms with E-state index in [1.807, 2.05) is 18.2 Å². The number of fused-ring (bicyclic) bond motifs is 1. The molecule has 0 saturated carbocycles. The Bertz CT molecular complexity index is 1030. The van der Waals surface area contributed by atoms with Gasteiger partial charge in [0, 0.05) is 16.8 Å². The van der Waals surface area contributed by atoms with Crippen molar-refractivity contribution < 1.29 is 17.2 Å². The van der Waals surface area contributed by atoms with Gasteiger partial charge in [0.1, 0.15) is 11.6 Å². The lowest BCUT2D eigenvalue weighted by molar-refractivity contribution is 0.577. The maximum absolute atomic E-state index is 14.4. The van der Waals surface area contributed by atoms with Crippen LogP contribution in [0, 0.1) is 11.6 Å². The molecule has 142 valence electrons. The third-order valence-electron chi connectivity index (χ3n) is 4.59. The topological polar surface area (TPSA) is 49.7 Å². The molecule has 2 aliphatic rings. The molecule has 0 radical (unpaired) electrons. The van der Waals surface area contributed by atoms with Crippen LogP contribution < -0.4 is 4.90 Å². The summed E-state index contributed by atoms with van der Waals surface area (Å²) in [6.07, 6.45) is 0. The van der Waals surface area contributed by atoms with Crippen molar-refractivity contribution in [2.45, 2.75) is 17.8 Å². The molecule has 2 aromatic carbocycles. The molecule has 2 heterocycles. The molecule has 27 heavy (non-hydrogen) atoms. The number of anilines is 1. The van der Waals surface area contributed by atoms with Crippen molar-refractivity contribution in [3.05, 3.63) is 64.7 Å². The number of rotatable bonds is 3.